The van der Waals surface area contributed by atoms with Gasteiger partial charge in [0.05, 0.1) is 12.9 Å². The molecule has 0 aliphatic carbocycles. The largest absolute Gasteiger partial charge is 0.394 e. The van der Waals surface area contributed by atoms with E-state index in [9.17, 15) is 5.11 Å². The van der Waals surface area contributed by atoms with Crippen molar-refractivity contribution in [2.75, 3.05) is 11.9 Å². The third-order valence-electron chi connectivity index (χ3n) is 5.32. The van der Waals surface area contributed by atoms with E-state index in [0.717, 1.165) is 9.13 Å². The molecule has 3 aromatic rings. The number of nitrogens with zero attached hydrogens (tertiary/aromatic N) is 4. The van der Waals surface area contributed by atoms with E-state index in [0.29, 0.717) is 23.5 Å². The summed E-state index contributed by atoms with van der Waals surface area (Å²) in [6.07, 6.45) is -0.255. The molecule has 2 saturated heterocycles. The Morgan fingerprint density at radius 3 is 2.84 bits per heavy atom. The molecule has 0 saturated carbocycles. The number of ether oxygens (including phenoxy) is 3. The Morgan fingerprint density at radius 1 is 1.26 bits per heavy atom. The van der Waals surface area contributed by atoms with Gasteiger partial charge in [0.1, 0.15) is 18.3 Å². The van der Waals surface area contributed by atoms with Crippen molar-refractivity contribution in [3.05, 3.63) is 45.0 Å². The number of fused-ring (bicyclic) bond motifs is 2. The number of imidazole rings is 1. The third kappa shape index (κ3) is 4.00. The molecule has 9 nitrogen and oxygen atoms in total. The Bertz CT molecular complexity index is 1130. The molecule has 164 valence electrons. The molecule has 5 rings (SSSR count). The average Bonchev–Trinajstić information content (AvgIpc) is 3.36. The highest BCUT2D eigenvalue weighted by molar-refractivity contribution is 14.1. The maximum atomic E-state index is 9.76. The van der Waals surface area contributed by atoms with Gasteiger partial charge in [0.2, 0.25) is 5.28 Å². The molecule has 2 aliphatic heterocycles. The highest BCUT2D eigenvalue weighted by Crippen LogP contribution is 2.43. The monoisotopic (exact) mass is 557 g/mol. The number of aromatic nitrogens is 4. The molecule has 4 heterocycles. The quantitative estimate of drug-likeness (QED) is 0.364. The van der Waals surface area contributed by atoms with E-state index >= 15 is 0 Å². The summed E-state index contributed by atoms with van der Waals surface area (Å²) in [7, 11) is 0. The van der Waals surface area contributed by atoms with Gasteiger partial charge in [-0.25, -0.2) is 4.98 Å². The zero-order valence-corrected chi connectivity index (χ0v) is 19.7. The Balaban J connectivity index is 1.47. The van der Waals surface area contributed by atoms with Crippen molar-refractivity contribution in [2.24, 2.45) is 0 Å². The van der Waals surface area contributed by atoms with Crippen molar-refractivity contribution in [3.8, 4) is 0 Å². The zero-order valence-electron chi connectivity index (χ0n) is 16.8. The SMILES string of the molecule is CC1(C)O[C@H]2C(CO)OC(n3cnc4c(NCc5cccc(I)c5)nc(Cl)nc43)[C@@H]2O1. The maximum absolute atomic E-state index is 9.76. The smallest absolute Gasteiger partial charge is 0.226 e. The lowest BCUT2D eigenvalue weighted by Gasteiger charge is -2.24. The molecular weight excluding hydrogens is 537 g/mol. The van der Waals surface area contributed by atoms with Gasteiger partial charge in [0, 0.05) is 10.1 Å². The second kappa shape index (κ2) is 8.09. The summed E-state index contributed by atoms with van der Waals surface area (Å²) in [6.45, 7) is 4.07. The molecule has 2 N–H and O–H groups in total. The van der Waals surface area contributed by atoms with Crippen molar-refractivity contribution in [1.82, 2.24) is 19.5 Å². The Kier molecular flexibility index (Phi) is 5.55. The van der Waals surface area contributed by atoms with Gasteiger partial charge < -0.3 is 24.6 Å². The molecule has 31 heavy (non-hydrogen) atoms. The summed E-state index contributed by atoms with van der Waals surface area (Å²) >= 11 is 8.52. The minimum Gasteiger partial charge on any atom is -0.394 e. The first-order valence-corrected chi connectivity index (χ1v) is 11.3. The topological polar surface area (TPSA) is 104 Å². The summed E-state index contributed by atoms with van der Waals surface area (Å²) < 4.78 is 21.0. The number of halogens is 2. The van der Waals surface area contributed by atoms with Crippen LogP contribution in [0.2, 0.25) is 5.28 Å². The van der Waals surface area contributed by atoms with Crippen LogP contribution in [-0.2, 0) is 20.8 Å². The average molecular weight is 558 g/mol. The Labute approximate surface area is 197 Å². The first-order chi connectivity index (χ1) is 14.8. The Morgan fingerprint density at radius 2 is 2.06 bits per heavy atom. The number of hydrogen-bond donors (Lipinski definition) is 2. The van der Waals surface area contributed by atoms with Gasteiger partial charge in [-0.3, -0.25) is 4.57 Å². The molecule has 0 amide bonds. The van der Waals surface area contributed by atoms with Crippen molar-refractivity contribution < 1.29 is 19.3 Å². The fourth-order valence-electron chi connectivity index (χ4n) is 4.06. The van der Waals surface area contributed by atoms with E-state index in [2.05, 4.69) is 48.9 Å². The summed E-state index contributed by atoms with van der Waals surface area (Å²) in [5.74, 6) is -0.238. The molecule has 2 fully saturated rings. The minimum atomic E-state index is -0.770. The molecular formula is C20H21ClIN5O4. The van der Waals surface area contributed by atoms with Gasteiger partial charge in [-0.2, -0.15) is 9.97 Å². The van der Waals surface area contributed by atoms with Crippen LogP contribution < -0.4 is 5.32 Å². The van der Waals surface area contributed by atoms with Crippen LogP contribution in [-0.4, -0.2) is 55.3 Å². The normalized spacial score (nSPS) is 27.0. The second-order valence-corrected chi connectivity index (χ2v) is 9.54. The third-order valence-corrected chi connectivity index (χ3v) is 6.16. The number of anilines is 1. The molecule has 0 spiro atoms. The van der Waals surface area contributed by atoms with Crippen LogP contribution in [0.1, 0.15) is 25.6 Å². The Hall–Kier alpha value is -1.57. The molecule has 11 heteroatoms. The lowest BCUT2D eigenvalue weighted by atomic mass is 10.1. The number of nitrogens with one attached hydrogen (secondary N) is 1. The van der Waals surface area contributed by atoms with E-state index in [1.165, 1.54) is 0 Å². The molecule has 1 aromatic carbocycles. The lowest BCUT2D eigenvalue weighted by molar-refractivity contribution is -0.199. The van der Waals surface area contributed by atoms with Crippen LogP contribution in [0.25, 0.3) is 11.2 Å². The van der Waals surface area contributed by atoms with E-state index in [-0.39, 0.29) is 11.9 Å². The van der Waals surface area contributed by atoms with Crippen molar-refractivity contribution in [3.63, 3.8) is 0 Å². The summed E-state index contributed by atoms with van der Waals surface area (Å²) in [4.78, 5) is 13.2. The fraction of sp³-hybridized carbons (Fsp3) is 0.450. The van der Waals surface area contributed by atoms with Crippen molar-refractivity contribution in [1.29, 1.82) is 0 Å². The lowest BCUT2D eigenvalue weighted by Crippen LogP contribution is -2.31. The number of aliphatic hydroxyl groups excluding tert-OH is 1. The molecule has 2 aliphatic rings. The summed E-state index contributed by atoms with van der Waals surface area (Å²) in [6, 6.07) is 8.17. The molecule has 0 radical (unpaired) electrons. The highest BCUT2D eigenvalue weighted by Gasteiger charge is 2.56. The van der Waals surface area contributed by atoms with Gasteiger partial charge in [-0.15, -0.1) is 0 Å². The van der Waals surface area contributed by atoms with Crippen LogP contribution in [0.3, 0.4) is 0 Å². The summed E-state index contributed by atoms with van der Waals surface area (Å²) in [5, 5.41) is 13.2. The van der Waals surface area contributed by atoms with E-state index < -0.39 is 30.3 Å². The highest BCUT2D eigenvalue weighted by atomic mass is 127. The predicted molar refractivity (Wildman–Crippen MR) is 122 cm³/mol. The number of aliphatic hydroxyl groups is 1. The van der Waals surface area contributed by atoms with Crippen LogP contribution in [0.4, 0.5) is 5.82 Å². The standard InChI is InChI=1S/C20H21ClIN5O4/c1-20(2)30-14-12(8-28)29-18(15(14)31-20)27-9-24-13-16(25-19(21)26-17(13)27)23-7-10-4-3-5-11(22)6-10/h3-6,9,12,14-15,18,28H,7-8H2,1-2H3,(H,23,25,26)/t12?,14-,15+,18?/m0/s1. The van der Waals surface area contributed by atoms with Gasteiger partial charge in [-0.05, 0) is 65.7 Å². The first kappa shape index (κ1) is 21.3. The van der Waals surface area contributed by atoms with Crippen molar-refractivity contribution >= 4 is 51.2 Å². The molecule has 2 aromatic heterocycles. The van der Waals surface area contributed by atoms with Crippen molar-refractivity contribution in [2.45, 2.75) is 50.7 Å². The number of benzene rings is 1. The van der Waals surface area contributed by atoms with Gasteiger partial charge >= 0.3 is 0 Å². The zero-order chi connectivity index (χ0) is 21.8. The van der Waals surface area contributed by atoms with E-state index in [4.69, 9.17) is 25.8 Å². The number of hydrogen-bond acceptors (Lipinski definition) is 8. The molecule has 2 unspecified atom stereocenters. The van der Waals surface area contributed by atoms with Gasteiger partial charge in [0.25, 0.3) is 0 Å². The first-order valence-electron chi connectivity index (χ1n) is 9.85. The fourth-order valence-corrected chi connectivity index (χ4v) is 4.83. The van der Waals surface area contributed by atoms with Crippen LogP contribution in [0.5, 0.6) is 0 Å². The van der Waals surface area contributed by atoms with Gasteiger partial charge in [-0.1, -0.05) is 12.1 Å². The number of rotatable bonds is 5. The minimum absolute atomic E-state index is 0.0940. The van der Waals surface area contributed by atoms with Gasteiger partial charge in [0.15, 0.2) is 29.0 Å². The van der Waals surface area contributed by atoms with Crippen LogP contribution in [0.15, 0.2) is 30.6 Å². The second-order valence-electron chi connectivity index (χ2n) is 7.96. The van der Waals surface area contributed by atoms with E-state index in [1.54, 1.807) is 10.9 Å². The molecule has 4 atom stereocenters. The van der Waals surface area contributed by atoms with Crippen LogP contribution in [0, 0.1) is 3.57 Å². The van der Waals surface area contributed by atoms with Crippen LogP contribution >= 0.6 is 34.2 Å². The maximum Gasteiger partial charge on any atom is 0.226 e. The summed E-state index contributed by atoms with van der Waals surface area (Å²) in [5.41, 5.74) is 2.20. The molecule has 0 bridgehead atoms. The predicted octanol–water partition coefficient (Wildman–Crippen LogP) is 3.11. The van der Waals surface area contributed by atoms with E-state index in [1.807, 2.05) is 32.0 Å².